The van der Waals surface area contributed by atoms with Gasteiger partial charge in [0.15, 0.2) is 6.61 Å². The normalized spacial score (nSPS) is 15.8. The van der Waals surface area contributed by atoms with Crippen LogP contribution in [0.3, 0.4) is 0 Å². The lowest BCUT2D eigenvalue weighted by molar-refractivity contribution is -0.130. The van der Waals surface area contributed by atoms with Crippen LogP contribution in [0.15, 0.2) is 18.2 Å². The van der Waals surface area contributed by atoms with Crippen LogP contribution < -0.4 is 10.1 Å². The number of nitrogens with zero attached hydrogens (tertiary/aromatic N) is 1. The molecule has 2 rings (SSSR count). The highest BCUT2D eigenvalue weighted by atomic mass is 16.5. The third-order valence-electron chi connectivity index (χ3n) is 4.61. The lowest BCUT2D eigenvalue weighted by Crippen LogP contribution is -2.47. The molecule has 0 unspecified atom stereocenters. The molecular formula is C20H30N2O3. The molecule has 5 nitrogen and oxygen atoms in total. The second-order valence-electron chi connectivity index (χ2n) is 7.89. The van der Waals surface area contributed by atoms with Crippen molar-refractivity contribution >= 4 is 11.8 Å². The van der Waals surface area contributed by atoms with E-state index in [4.69, 9.17) is 4.74 Å². The van der Waals surface area contributed by atoms with Gasteiger partial charge in [-0.15, -0.1) is 0 Å². The van der Waals surface area contributed by atoms with Gasteiger partial charge in [-0.05, 0) is 36.8 Å². The molecule has 1 N–H and O–H groups in total. The summed E-state index contributed by atoms with van der Waals surface area (Å²) in [5, 5.41) is 3.02. The Morgan fingerprint density at radius 2 is 1.88 bits per heavy atom. The minimum Gasteiger partial charge on any atom is -0.483 e. The second kappa shape index (κ2) is 7.89. The van der Waals surface area contributed by atoms with Gasteiger partial charge in [-0.3, -0.25) is 9.59 Å². The van der Waals surface area contributed by atoms with E-state index >= 15 is 0 Å². The van der Waals surface area contributed by atoms with E-state index in [-0.39, 0.29) is 29.9 Å². The van der Waals surface area contributed by atoms with Crippen LogP contribution in [0.2, 0.25) is 0 Å². The Balaban J connectivity index is 1.88. The van der Waals surface area contributed by atoms with Crippen LogP contribution in [0.1, 0.15) is 51.7 Å². The fourth-order valence-electron chi connectivity index (χ4n) is 3.11. The summed E-state index contributed by atoms with van der Waals surface area (Å²) in [6.45, 7) is 11.5. The van der Waals surface area contributed by atoms with Gasteiger partial charge in [0.1, 0.15) is 5.75 Å². The molecule has 0 aliphatic carbocycles. The van der Waals surface area contributed by atoms with Gasteiger partial charge in [0.25, 0.3) is 5.91 Å². The van der Waals surface area contributed by atoms with Gasteiger partial charge in [-0.25, -0.2) is 0 Å². The topological polar surface area (TPSA) is 58.6 Å². The van der Waals surface area contributed by atoms with Crippen molar-refractivity contribution < 1.29 is 14.3 Å². The zero-order valence-corrected chi connectivity index (χ0v) is 16.0. The highest BCUT2D eigenvalue weighted by Gasteiger charge is 2.23. The number of nitrogens with one attached hydrogen (secondary N) is 1. The van der Waals surface area contributed by atoms with Crippen molar-refractivity contribution in [2.75, 3.05) is 19.7 Å². The number of likely N-dealkylation sites (tertiary alicyclic amines) is 1. The maximum atomic E-state index is 12.2. The van der Waals surface area contributed by atoms with Crippen LogP contribution in [0.25, 0.3) is 0 Å². The Kier molecular flexibility index (Phi) is 6.09. The number of amides is 2. The number of hydrogen-bond acceptors (Lipinski definition) is 3. The van der Waals surface area contributed by atoms with Crippen molar-refractivity contribution in [2.24, 2.45) is 0 Å². The molecule has 138 valence electrons. The highest BCUT2D eigenvalue weighted by Crippen LogP contribution is 2.32. The first-order valence-corrected chi connectivity index (χ1v) is 8.95. The molecule has 1 heterocycles. The number of benzene rings is 1. The molecule has 1 aliphatic heterocycles. The molecule has 1 saturated heterocycles. The summed E-state index contributed by atoms with van der Waals surface area (Å²) in [5.74, 6) is 0.753. The average Bonchev–Trinajstić information content (AvgIpc) is 2.53. The van der Waals surface area contributed by atoms with Crippen molar-refractivity contribution in [1.82, 2.24) is 10.2 Å². The number of carbonyl (C=O) groups is 2. The lowest BCUT2D eigenvalue weighted by Gasteiger charge is -2.31. The number of carbonyl (C=O) groups excluding carboxylic acids is 2. The monoisotopic (exact) mass is 346 g/mol. The number of ether oxygens (including phenoxy) is 1. The van der Waals surface area contributed by atoms with Crippen LogP contribution in [-0.2, 0) is 15.0 Å². The standard InChI is InChI=1S/C20H30N2O3/c1-14-6-7-18(17(12-14)20(3,4)5)25-13-19(24)21-16-8-10-22(11-9-16)15(2)23/h6-7,12,16H,8-11,13H2,1-5H3,(H,21,24). The molecule has 0 bridgehead atoms. The van der Waals surface area contributed by atoms with Gasteiger partial charge in [-0.2, -0.15) is 0 Å². The molecule has 1 aromatic rings. The zero-order valence-electron chi connectivity index (χ0n) is 16.0. The second-order valence-corrected chi connectivity index (χ2v) is 7.89. The highest BCUT2D eigenvalue weighted by molar-refractivity contribution is 5.78. The third kappa shape index (κ3) is 5.48. The quantitative estimate of drug-likeness (QED) is 0.912. The predicted molar refractivity (Wildman–Crippen MR) is 98.8 cm³/mol. The van der Waals surface area contributed by atoms with Crippen molar-refractivity contribution in [2.45, 2.75) is 58.9 Å². The lowest BCUT2D eigenvalue weighted by atomic mass is 9.85. The molecule has 0 spiro atoms. The van der Waals surface area contributed by atoms with Gasteiger partial charge in [0, 0.05) is 26.1 Å². The van der Waals surface area contributed by atoms with Crippen LogP contribution in [0.5, 0.6) is 5.75 Å². The van der Waals surface area contributed by atoms with Crippen LogP contribution >= 0.6 is 0 Å². The minimum absolute atomic E-state index is 0.0130. The van der Waals surface area contributed by atoms with Gasteiger partial charge >= 0.3 is 0 Å². The van der Waals surface area contributed by atoms with Gasteiger partial charge < -0.3 is 15.0 Å². The Labute approximate surface area is 150 Å². The predicted octanol–water partition coefficient (Wildman–Crippen LogP) is 2.80. The molecule has 1 fully saturated rings. The molecule has 0 aromatic heterocycles. The summed E-state index contributed by atoms with van der Waals surface area (Å²) in [4.78, 5) is 25.4. The first kappa shape index (κ1) is 19.3. The largest absolute Gasteiger partial charge is 0.483 e. The number of piperidine rings is 1. The van der Waals surface area contributed by atoms with Crippen LogP contribution in [-0.4, -0.2) is 42.5 Å². The molecule has 25 heavy (non-hydrogen) atoms. The Morgan fingerprint density at radius 3 is 2.44 bits per heavy atom. The Morgan fingerprint density at radius 1 is 1.24 bits per heavy atom. The van der Waals surface area contributed by atoms with E-state index < -0.39 is 0 Å². The summed E-state index contributed by atoms with van der Waals surface area (Å²) in [7, 11) is 0. The fourth-order valence-corrected chi connectivity index (χ4v) is 3.11. The molecule has 0 atom stereocenters. The van der Waals surface area contributed by atoms with E-state index in [9.17, 15) is 9.59 Å². The molecular weight excluding hydrogens is 316 g/mol. The molecule has 1 aliphatic rings. The Bertz CT molecular complexity index is 626. The Hall–Kier alpha value is -2.04. The molecule has 0 radical (unpaired) electrons. The fraction of sp³-hybridized carbons (Fsp3) is 0.600. The first-order valence-electron chi connectivity index (χ1n) is 8.95. The SMILES string of the molecule is CC(=O)N1CCC(NC(=O)COc2ccc(C)cc2C(C)(C)C)CC1. The summed E-state index contributed by atoms with van der Waals surface area (Å²) >= 11 is 0. The zero-order chi connectivity index (χ0) is 18.6. The average molecular weight is 346 g/mol. The smallest absolute Gasteiger partial charge is 0.258 e. The minimum atomic E-state index is -0.110. The molecule has 1 aromatic carbocycles. The van der Waals surface area contributed by atoms with E-state index in [0.29, 0.717) is 13.1 Å². The van der Waals surface area contributed by atoms with E-state index in [1.54, 1.807) is 6.92 Å². The van der Waals surface area contributed by atoms with Gasteiger partial charge in [0.05, 0.1) is 0 Å². The first-order chi connectivity index (χ1) is 11.7. The van der Waals surface area contributed by atoms with Gasteiger partial charge in [-0.1, -0.05) is 38.5 Å². The summed E-state index contributed by atoms with van der Waals surface area (Å²) < 4.78 is 5.80. The number of hydrogen-bond donors (Lipinski definition) is 1. The number of aryl methyl sites for hydroxylation is 1. The maximum absolute atomic E-state index is 12.2. The molecule has 5 heteroatoms. The summed E-state index contributed by atoms with van der Waals surface area (Å²) in [6.07, 6.45) is 1.59. The van der Waals surface area contributed by atoms with Crippen molar-refractivity contribution in [1.29, 1.82) is 0 Å². The van der Waals surface area contributed by atoms with Crippen molar-refractivity contribution in [3.63, 3.8) is 0 Å². The van der Waals surface area contributed by atoms with Gasteiger partial charge in [0.2, 0.25) is 5.91 Å². The molecule has 0 saturated carbocycles. The number of rotatable bonds is 4. The van der Waals surface area contributed by atoms with Crippen molar-refractivity contribution in [3.05, 3.63) is 29.3 Å². The molecule has 2 amide bonds. The van der Waals surface area contributed by atoms with E-state index in [0.717, 1.165) is 24.2 Å². The maximum Gasteiger partial charge on any atom is 0.258 e. The van der Waals surface area contributed by atoms with Crippen LogP contribution in [0, 0.1) is 6.92 Å². The van der Waals surface area contributed by atoms with E-state index in [1.165, 1.54) is 5.56 Å². The summed E-state index contributed by atoms with van der Waals surface area (Å²) in [5.41, 5.74) is 2.24. The van der Waals surface area contributed by atoms with E-state index in [2.05, 4.69) is 39.1 Å². The van der Waals surface area contributed by atoms with Crippen LogP contribution in [0.4, 0.5) is 0 Å². The van der Waals surface area contributed by atoms with Crippen molar-refractivity contribution in [3.8, 4) is 5.75 Å². The van der Waals surface area contributed by atoms with E-state index in [1.807, 2.05) is 17.0 Å². The summed E-state index contributed by atoms with van der Waals surface area (Å²) in [6, 6.07) is 6.17. The third-order valence-corrected chi connectivity index (χ3v) is 4.61.